The number of nitrogens with one attached hydrogen (secondary N) is 1. The highest BCUT2D eigenvalue weighted by Crippen LogP contribution is 2.22. The predicted molar refractivity (Wildman–Crippen MR) is 84.7 cm³/mol. The number of hydrogen-bond donors (Lipinski definition) is 4. The quantitative estimate of drug-likeness (QED) is 0.429. The fourth-order valence-electron chi connectivity index (χ4n) is 2.69. The Kier molecular flexibility index (Phi) is 9.66. The highest BCUT2D eigenvalue weighted by atomic mass is 16.7. The molecular formula is C16H31NO6. The van der Waals surface area contributed by atoms with Crippen LogP contribution in [0.1, 0.15) is 52.4 Å². The largest absolute Gasteiger partial charge is 0.394 e. The number of aliphatic hydroxyl groups is 3. The molecule has 0 aromatic carbocycles. The molecule has 0 aromatic rings. The van der Waals surface area contributed by atoms with E-state index in [2.05, 4.69) is 12.2 Å². The normalized spacial score (nSPS) is 31.1. The molecule has 1 aliphatic rings. The number of aliphatic hydroxyl groups excluding tert-OH is 3. The number of amides is 1. The Morgan fingerprint density at radius 1 is 1.13 bits per heavy atom. The Balaban J connectivity index is 2.45. The van der Waals surface area contributed by atoms with Crippen molar-refractivity contribution in [3.05, 3.63) is 0 Å². The van der Waals surface area contributed by atoms with E-state index < -0.39 is 37.3 Å². The number of unbranched alkanes of at least 4 members (excludes halogenated alkanes) is 5. The van der Waals surface area contributed by atoms with Gasteiger partial charge < -0.3 is 30.1 Å². The Morgan fingerprint density at radius 3 is 2.39 bits per heavy atom. The molecule has 1 amide bonds. The zero-order chi connectivity index (χ0) is 17.2. The first-order chi connectivity index (χ1) is 11.0. The van der Waals surface area contributed by atoms with Crippen LogP contribution in [0.2, 0.25) is 0 Å². The average molecular weight is 333 g/mol. The lowest BCUT2D eigenvalue weighted by Crippen LogP contribution is -2.64. The lowest BCUT2D eigenvalue weighted by molar-refractivity contribution is -0.270. The predicted octanol–water partition coefficient (Wildman–Crippen LogP) is 0.307. The van der Waals surface area contributed by atoms with Crippen molar-refractivity contribution < 1.29 is 29.6 Å². The van der Waals surface area contributed by atoms with Gasteiger partial charge in [0.05, 0.1) is 6.61 Å². The summed E-state index contributed by atoms with van der Waals surface area (Å²) in [6.07, 6.45) is 2.37. The average Bonchev–Trinajstić information content (AvgIpc) is 2.52. The standard InChI is InChI=1S/C16H31NO6/c1-3-4-5-6-7-8-9-22-16-13(17-11(2)19)15(21)14(20)12(10-18)23-16/h12-16,18,20-21H,3-10H2,1-2H3,(H,17,19)/t12-,13-,14-,15-,16+/m1/s1. The van der Waals surface area contributed by atoms with Crippen molar-refractivity contribution in [2.45, 2.75) is 83.0 Å². The van der Waals surface area contributed by atoms with Gasteiger partial charge in [-0.25, -0.2) is 0 Å². The maximum absolute atomic E-state index is 11.3. The minimum absolute atomic E-state index is 0.347. The first-order valence-electron chi connectivity index (χ1n) is 8.52. The third-order valence-corrected chi connectivity index (χ3v) is 4.03. The van der Waals surface area contributed by atoms with E-state index in [0.29, 0.717) is 6.61 Å². The van der Waals surface area contributed by atoms with E-state index in [1.54, 1.807) is 0 Å². The summed E-state index contributed by atoms with van der Waals surface area (Å²) in [6.45, 7) is 3.50. The Morgan fingerprint density at radius 2 is 1.78 bits per heavy atom. The molecule has 1 heterocycles. The molecule has 23 heavy (non-hydrogen) atoms. The molecular weight excluding hydrogens is 302 g/mol. The monoisotopic (exact) mass is 333 g/mol. The molecule has 7 heteroatoms. The zero-order valence-corrected chi connectivity index (χ0v) is 14.1. The van der Waals surface area contributed by atoms with Crippen molar-refractivity contribution in [1.82, 2.24) is 5.32 Å². The number of ether oxygens (including phenoxy) is 2. The van der Waals surface area contributed by atoms with E-state index in [1.165, 1.54) is 26.2 Å². The topological polar surface area (TPSA) is 108 Å². The summed E-state index contributed by atoms with van der Waals surface area (Å²) in [5, 5.41) is 31.8. The molecule has 1 aliphatic heterocycles. The third-order valence-electron chi connectivity index (χ3n) is 4.03. The van der Waals surface area contributed by atoms with Gasteiger partial charge in [0, 0.05) is 13.5 Å². The second-order valence-electron chi connectivity index (χ2n) is 6.07. The maximum atomic E-state index is 11.3. The zero-order valence-electron chi connectivity index (χ0n) is 14.1. The molecule has 0 aliphatic carbocycles. The highest BCUT2D eigenvalue weighted by molar-refractivity contribution is 5.73. The SMILES string of the molecule is CCCCCCCCO[C@H]1O[C@H](CO)[C@@H](O)[C@H](O)[C@H]1NC(C)=O. The Bertz CT molecular complexity index is 341. The van der Waals surface area contributed by atoms with Gasteiger partial charge in [-0.15, -0.1) is 0 Å². The second-order valence-corrected chi connectivity index (χ2v) is 6.07. The first-order valence-corrected chi connectivity index (χ1v) is 8.52. The molecule has 136 valence electrons. The van der Waals surface area contributed by atoms with E-state index in [1.807, 2.05) is 0 Å². The highest BCUT2D eigenvalue weighted by Gasteiger charge is 2.45. The molecule has 0 radical (unpaired) electrons. The molecule has 0 spiro atoms. The molecule has 5 atom stereocenters. The summed E-state index contributed by atoms with van der Waals surface area (Å²) in [5.74, 6) is -0.347. The van der Waals surface area contributed by atoms with E-state index in [4.69, 9.17) is 9.47 Å². The van der Waals surface area contributed by atoms with Crippen LogP contribution in [0.3, 0.4) is 0 Å². The molecule has 0 unspecified atom stereocenters. The van der Waals surface area contributed by atoms with Gasteiger partial charge in [0.1, 0.15) is 24.4 Å². The number of carbonyl (C=O) groups is 1. The second kappa shape index (κ2) is 10.9. The molecule has 0 bridgehead atoms. The first kappa shape index (κ1) is 20.3. The molecule has 1 saturated heterocycles. The van der Waals surface area contributed by atoms with Crippen LogP contribution < -0.4 is 5.32 Å². The van der Waals surface area contributed by atoms with Crippen LogP contribution in [0.25, 0.3) is 0 Å². The van der Waals surface area contributed by atoms with Crippen molar-refractivity contribution in [3.63, 3.8) is 0 Å². The van der Waals surface area contributed by atoms with Gasteiger partial charge in [0.2, 0.25) is 5.91 Å². The summed E-state index contributed by atoms with van der Waals surface area (Å²) >= 11 is 0. The van der Waals surface area contributed by atoms with Gasteiger partial charge in [-0.3, -0.25) is 4.79 Å². The van der Waals surface area contributed by atoms with Crippen LogP contribution in [0.5, 0.6) is 0 Å². The van der Waals surface area contributed by atoms with Crippen LogP contribution in [0, 0.1) is 0 Å². The molecule has 1 fully saturated rings. The summed E-state index contributed by atoms with van der Waals surface area (Å²) in [4.78, 5) is 11.3. The maximum Gasteiger partial charge on any atom is 0.217 e. The third kappa shape index (κ3) is 6.73. The van der Waals surface area contributed by atoms with Crippen LogP contribution in [0.15, 0.2) is 0 Å². The van der Waals surface area contributed by atoms with Gasteiger partial charge in [0.25, 0.3) is 0 Å². The van der Waals surface area contributed by atoms with E-state index in [0.717, 1.165) is 19.3 Å². The molecule has 0 aromatic heterocycles. The summed E-state index contributed by atoms with van der Waals surface area (Å²) < 4.78 is 11.1. The van der Waals surface area contributed by atoms with Crippen molar-refractivity contribution in [2.24, 2.45) is 0 Å². The number of carbonyl (C=O) groups excluding carboxylic acids is 1. The van der Waals surface area contributed by atoms with E-state index >= 15 is 0 Å². The lowest BCUT2D eigenvalue weighted by Gasteiger charge is -2.42. The minimum Gasteiger partial charge on any atom is -0.394 e. The molecule has 1 rings (SSSR count). The van der Waals surface area contributed by atoms with Crippen molar-refractivity contribution in [1.29, 1.82) is 0 Å². The van der Waals surface area contributed by atoms with E-state index in [9.17, 15) is 20.1 Å². The minimum atomic E-state index is -1.27. The lowest BCUT2D eigenvalue weighted by atomic mass is 9.97. The number of hydrogen-bond acceptors (Lipinski definition) is 6. The fourth-order valence-corrected chi connectivity index (χ4v) is 2.69. The molecule has 0 saturated carbocycles. The van der Waals surface area contributed by atoms with Crippen molar-refractivity contribution >= 4 is 5.91 Å². The van der Waals surface area contributed by atoms with Gasteiger partial charge >= 0.3 is 0 Å². The molecule has 7 nitrogen and oxygen atoms in total. The van der Waals surface area contributed by atoms with Gasteiger partial charge in [-0.05, 0) is 6.42 Å². The molecule has 4 N–H and O–H groups in total. The van der Waals surface area contributed by atoms with E-state index in [-0.39, 0.29) is 5.91 Å². The smallest absolute Gasteiger partial charge is 0.217 e. The summed E-state index contributed by atoms with van der Waals surface area (Å²) in [6, 6.07) is -0.856. The van der Waals surface area contributed by atoms with Crippen molar-refractivity contribution in [3.8, 4) is 0 Å². The Labute approximate surface area is 138 Å². The number of rotatable bonds is 10. The van der Waals surface area contributed by atoms with Crippen LogP contribution in [-0.2, 0) is 14.3 Å². The Hall–Kier alpha value is -0.730. The summed E-state index contributed by atoms with van der Waals surface area (Å²) in [5.41, 5.74) is 0. The van der Waals surface area contributed by atoms with Crippen LogP contribution in [-0.4, -0.2) is 65.1 Å². The van der Waals surface area contributed by atoms with Crippen molar-refractivity contribution in [2.75, 3.05) is 13.2 Å². The van der Waals surface area contributed by atoms with Gasteiger partial charge in [0.15, 0.2) is 6.29 Å². The van der Waals surface area contributed by atoms with Crippen LogP contribution in [0.4, 0.5) is 0 Å². The van der Waals surface area contributed by atoms with Gasteiger partial charge in [-0.1, -0.05) is 39.0 Å². The van der Waals surface area contributed by atoms with Gasteiger partial charge in [-0.2, -0.15) is 0 Å². The summed E-state index contributed by atoms with van der Waals surface area (Å²) in [7, 11) is 0. The van der Waals surface area contributed by atoms with Crippen LogP contribution >= 0.6 is 0 Å². The fraction of sp³-hybridized carbons (Fsp3) is 0.938.